The van der Waals surface area contributed by atoms with Crippen molar-refractivity contribution in [3.05, 3.63) is 0 Å². The third-order valence-electron chi connectivity index (χ3n) is 4.96. The van der Waals surface area contributed by atoms with Crippen LogP contribution in [0.2, 0.25) is 0 Å². The molecule has 2 N–H and O–H groups in total. The molecule has 1 unspecified atom stereocenters. The van der Waals surface area contributed by atoms with Crippen LogP contribution in [-0.2, 0) is 4.74 Å². The molecular formula is C20H37Br2NO. The van der Waals surface area contributed by atoms with Gasteiger partial charge in [0, 0.05) is 22.4 Å². The zero-order valence-electron chi connectivity index (χ0n) is 15.6. The molecule has 142 valence electrons. The first kappa shape index (κ1) is 24.4. The first-order valence-electron chi connectivity index (χ1n) is 9.87. The van der Waals surface area contributed by atoms with E-state index in [4.69, 9.17) is 4.74 Å². The summed E-state index contributed by atoms with van der Waals surface area (Å²) in [6.07, 6.45) is 17.4. The Hall–Kier alpha value is 0.440. The predicted molar refractivity (Wildman–Crippen MR) is 103 cm³/mol. The zero-order valence-corrected chi connectivity index (χ0v) is 18.7. The molecule has 0 aromatic carbocycles. The van der Waals surface area contributed by atoms with Crippen molar-refractivity contribution >= 4 is 15.9 Å². The lowest BCUT2D eigenvalue weighted by molar-refractivity contribution is -0.686. The topological polar surface area (TPSA) is 25.8 Å². The van der Waals surface area contributed by atoms with E-state index in [1.807, 2.05) is 0 Å². The van der Waals surface area contributed by atoms with Gasteiger partial charge in [0.2, 0.25) is 0 Å². The Kier molecular flexibility index (Phi) is 17.2. The molecule has 0 aromatic rings. The van der Waals surface area contributed by atoms with Crippen molar-refractivity contribution in [3.8, 4) is 10.8 Å². The highest BCUT2D eigenvalue weighted by Gasteiger charge is 2.34. The molecule has 0 saturated carbocycles. The minimum absolute atomic E-state index is 0. The Bertz CT molecular complexity index is 332. The van der Waals surface area contributed by atoms with Gasteiger partial charge < -0.3 is 27.0 Å². The number of halogens is 2. The predicted octanol–water partition coefficient (Wildman–Crippen LogP) is 1.77. The number of morpholine rings is 1. The number of nitrogens with two attached hydrogens (primary N) is 1. The molecule has 1 aliphatic heterocycles. The van der Waals surface area contributed by atoms with Crippen LogP contribution >= 0.6 is 15.9 Å². The van der Waals surface area contributed by atoms with Crippen LogP contribution in [0, 0.1) is 10.8 Å². The van der Waals surface area contributed by atoms with Gasteiger partial charge in [-0.2, -0.15) is 0 Å². The van der Waals surface area contributed by atoms with Gasteiger partial charge in [-0.15, -0.1) is 0 Å². The Morgan fingerprint density at radius 1 is 0.958 bits per heavy atom. The van der Waals surface area contributed by atoms with E-state index in [0.29, 0.717) is 0 Å². The molecule has 0 spiro atoms. The number of quaternary nitrogens is 1. The smallest absolute Gasteiger partial charge is 0.128 e. The van der Waals surface area contributed by atoms with E-state index >= 15 is 0 Å². The Balaban J connectivity index is 0.00000529. The van der Waals surface area contributed by atoms with Gasteiger partial charge >= 0.3 is 0 Å². The standard InChI is InChI=1S/C20H36BrNO.BrH/c1-2-3-4-5-6-7-8-9-10-11-12-14-20(15-13-16-21)19-22-17-18-23-20;/h22H,2-12,14-15,17-19H2,1H3;1H. The van der Waals surface area contributed by atoms with Gasteiger partial charge in [0.25, 0.3) is 0 Å². The monoisotopic (exact) mass is 465 g/mol. The van der Waals surface area contributed by atoms with Crippen LogP contribution in [0.3, 0.4) is 0 Å². The number of hydrogen-bond acceptors (Lipinski definition) is 1. The zero-order chi connectivity index (χ0) is 16.6. The Morgan fingerprint density at radius 3 is 2.04 bits per heavy atom. The van der Waals surface area contributed by atoms with Crippen LogP contribution in [0.4, 0.5) is 0 Å². The second kappa shape index (κ2) is 16.9. The normalized spacial score (nSPS) is 20.1. The van der Waals surface area contributed by atoms with E-state index in [2.05, 4.69) is 38.9 Å². The van der Waals surface area contributed by atoms with Gasteiger partial charge in [-0.05, 0) is 11.3 Å². The fourth-order valence-electron chi connectivity index (χ4n) is 3.47. The van der Waals surface area contributed by atoms with Gasteiger partial charge in [0.05, 0.1) is 13.2 Å². The summed E-state index contributed by atoms with van der Waals surface area (Å²) in [5.74, 6) is 3.17. The van der Waals surface area contributed by atoms with Crippen molar-refractivity contribution in [1.82, 2.24) is 0 Å². The highest BCUT2D eigenvalue weighted by molar-refractivity contribution is 9.12. The van der Waals surface area contributed by atoms with E-state index in [1.54, 1.807) is 0 Å². The van der Waals surface area contributed by atoms with Crippen LogP contribution in [0.15, 0.2) is 0 Å². The Morgan fingerprint density at radius 2 is 1.54 bits per heavy atom. The largest absolute Gasteiger partial charge is 1.00 e. The summed E-state index contributed by atoms with van der Waals surface area (Å²) >= 11 is 3.21. The molecule has 1 heterocycles. The second-order valence-electron chi connectivity index (χ2n) is 7.05. The maximum absolute atomic E-state index is 6.10. The summed E-state index contributed by atoms with van der Waals surface area (Å²) < 4.78 is 6.10. The lowest BCUT2D eigenvalue weighted by atomic mass is 9.91. The first-order chi connectivity index (χ1) is 11.3. The molecule has 0 bridgehead atoms. The van der Waals surface area contributed by atoms with Gasteiger partial charge in [0.1, 0.15) is 12.1 Å². The number of unbranched alkanes of at least 4 members (excludes halogenated alkanes) is 10. The van der Waals surface area contributed by atoms with E-state index < -0.39 is 0 Å². The van der Waals surface area contributed by atoms with Crippen LogP contribution in [-0.4, -0.2) is 25.3 Å². The van der Waals surface area contributed by atoms with Crippen molar-refractivity contribution in [2.75, 3.05) is 19.7 Å². The minimum Gasteiger partial charge on any atom is -1.00 e. The van der Waals surface area contributed by atoms with E-state index in [1.165, 1.54) is 77.0 Å². The summed E-state index contributed by atoms with van der Waals surface area (Å²) in [6.45, 7) is 5.34. The van der Waals surface area contributed by atoms with Crippen molar-refractivity contribution in [2.24, 2.45) is 0 Å². The summed E-state index contributed by atoms with van der Waals surface area (Å²) in [5.41, 5.74) is 0.0122. The van der Waals surface area contributed by atoms with Crippen molar-refractivity contribution < 1.29 is 27.0 Å². The van der Waals surface area contributed by atoms with Crippen LogP contribution in [0.25, 0.3) is 0 Å². The molecular weight excluding hydrogens is 430 g/mol. The highest BCUT2D eigenvalue weighted by atomic mass is 79.9. The molecule has 2 nitrogen and oxygen atoms in total. The van der Waals surface area contributed by atoms with Crippen LogP contribution in [0.1, 0.15) is 90.4 Å². The first-order valence-corrected chi connectivity index (χ1v) is 10.7. The molecule has 0 aromatic heterocycles. The van der Waals surface area contributed by atoms with Crippen LogP contribution in [0.5, 0.6) is 0 Å². The second-order valence-corrected chi connectivity index (χ2v) is 7.44. The van der Waals surface area contributed by atoms with Crippen molar-refractivity contribution in [1.29, 1.82) is 0 Å². The third-order valence-corrected chi connectivity index (χ3v) is 5.24. The number of ether oxygens (including phenoxy) is 1. The van der Waals surface area contributed by atoms with E-state index in [9.17, 15) is 0 Å². The maximum atomic E-state index is 6.10. The minimum atomic E-state index is 0. The molecule has 1 rings (SSSR count). The SMILES string of the molecule is CCCCCCCCCCCCCC1(CC#CBr)C[NH2+]CCO1.[Br-]. The highest BCUT2D eigenvalue weighted by Crippen LogP contribution is 2.24. The number of rotatable bonds is 13. The van der Waals surface area contributed by atoms with E-state index in [0.717, 1.165) is 26.1 Å². The van der Waals surface area contributed by atoms with Gasteiger partial charge in [-0.3, -0.25) is 0 Å². The molecule has 1 aliphatic rings. The van der Waals surface area contributed by atoms with E-state index in [-0.39, 0.29) is 22.6 Å². The van der Waals surface area contributed by atoms with Gasteiger partial charge in [0.15, 0.2) is 0 Å². The lowest BCUT2D eigenvalue weighted by Crippen LogP contribution is -3.00. The summed E-state index contributed by atoms with van der Waals surface area (Å²) in [4.78, 5) is 2.85. The summed E-state index contributed by atoms with van der Waals surface area (Å²) in [6, 6.07) is 0. The summed E-state index contributed by atoms with van der Waals surface area (Å²) in [5, 5.41) is 2.39. The molecule has 1 atom stereocenters. The maximum Gasteiger partial charge on any atom is 0.128 e. The van der Waals surface area contributed by atoms with Crippen LogP contribution < -0.4 is 22.3 Å². The molecule has 24 heavy (non-hydrogen) atoms. The average molecular weight is 467 g/mol. The fourth-order valence-corrected chi connectivity index (χ4v) is 3.61. The quantitative estimate of drug-likeness (QED) is 0.325. The molecule has 4 heteroatoms. The Labute approximate surface area is 169 Å². The van der Waals surface area contributed by atoms with Gasteiger partial charge in [-0.1, -0.05) is 83.5 Å². The molecule has 0 amide bonds. The average Bonchev–Trinajstić information content (AvgIpc) is 2.59. The molecule has 0 aliphatic carbocycles. The van der Waals surface area contributed by atoms with Gasteiger partial charge in [-0.25, -0.2) is 0 Å². The third kappa shape index (κ3) is 11.9. The lowest BCUT2D eigenvalue weighted by Gasteiger charge is -2.34. The van der Waals surface area contributed by atoms with Crippen molar-refractivity contribution in [3.63, 3.8) is 0 Å². The van der Waals surface area contributed by atoms with Crippen molar-refractivity contribution in [2.45, 2.75) is 96.0 Å². The molecule has 0 radical (unpaired) electrons. The molecule has 1 saturated heterocycles. The molecule has 1 fully saturated rings. The summed E-state index contributed by atoms with van der Waals surface area (Å²) in [7, 11) is 0. The fraction of sp³-hybridized carbons (Fsp3) is 0.900. The number of hydrogen-bond donors (Lipinski definition) is 1.